The molecule has 0 amide bonds. The normalized spacial score (nSPS) is 12.3. The van der Waals surface area contributed by atoms with E-state index in [1.54, 1.807) is 13.8 Å². The summed E-state index contributed by atoms with van der Waals surface area (Å²) in [5, 5.41) is 8.47. The second-order valence-corrected chi connectivity index (χ2v) is 5.27. The van der Waals surface area contributed by atoms with E-state index in [2.05, 4.69) is 0 Å². The summed E-state index contributed by atoms with van der Waals surface area (Å²) in [4.78, 5) is 10.4. The molecule has 0 fully saturated rings. The highest BCUT2D eigenvalue weighted by Gasteiger charge is 2.26. The van der Waals surface area contributed by atoms with Gasteiger partial charge in [0, 0.05) is 19.7 Å². The van der Waals surface area contributed by atoms with Crippen LogP contribution in [0.25, 0.3) is 0 Å². The maximum Gasteiger partial charge on any atom is 0.320 e. The molecule has 15 heavy (non-hydrogen) atoms. The maximum absolute atomic E-state index is 11.6. The number of carboxylic acid groups (broad SMARTS) is 1. The lowest BCUT2D eigenvalue weighted by atomic mass is 10.4. The van der Waals surface area contributed by atoms with E-state index in [0.29, 0.717) is 0 Å². The lowest BCUT2D eigenvalue weighted by Crippen LogP contribution is -2.42. The van der Waals surface area contributed by atoms with E-state index in [0.717, 1.165) is 4.31 Å². The molecule has 0 aromatic heterocycles. The van der Waals surface area contributed by atoms with Gasteiger partial charge in [-0.1, -0.05) is 0 Å². The van der Waals surface area contributed by atoms with Crippen molar-refractivity contribution in [3.05, 3.63) is 0 Å². The minimum Gasteiger partial charge on any atom is -0.480 e. The van der Waals surface area contributed by atoms with Crippen molar-refractivity contribution in [2.45, 2.75) is 19.9 Å². The third-order valence-corrected chi connectivity index (χ3v) is 3.69. The molecule has 0 unspecified atom stereocenters. The van der Waals surface area contributed by atoms with E-state index in [-0.39, 0.29) is 19.2 Å². The summed E-state index contributed by atoms with van der Waals surface area (Å²) in [6.45, 7) is 3.80. The zero-order valence-electron chi connectivity index (χ0n) is 9.13. The third kappa shape index (κ3) is 5.10. The molecule has 0 saturated heterocycles. The number of methoxy groups -OCH3 is 1. The van der Waals surface area contributed by atoms with Gasteiger partial charge >= 0.3 is 5.97 Å². The Morgan fingerprint density at radius 1 is 1.47 bits per heavy atom. The molecule has 0 aliphatic heterocycles. The lowest BCUT2D eigenvalue weighted by Gasteiger charge is -2.24. The number of rotatable bonds is 7. The first kappa shape index (κ1) is 14.3. The van der Waals surface area contributed by atoms with E-state index in [9.17, 15) is 13.2 Å². The molecule has 0 aromatic carbocycles. The summed E-state index contributed by atoms with van der Waals surface area (Å²) in [6.07, 6.45) is 0. The van der Waals surface area contributed by atoms with Crippen LogP contribution in [0.3, 0.4) is 0 Å². The van der Waals surface area contributed by atoms with Crippen LogP contribution in [-0.4, -0.2) is 55.9 Å². The molecule has 0 aromatic rings. The summed E-state index contributed by atoms with van der Waals surface area (Å²) >= 11 is 0. The summed E-state index contributed by atoms with van der Waals surface area (Å²) in [7, 11) is -2.28. The quantitative estimate of drug-likeness (QED) is 0.662. The molecule has 0 rings (SSSR count). The molecule has 0 spiro atoms. The van der Waals surface area contributed by atoms with Gasteiger partial charge in [-0.25, -0.2) is 8.42 Å². The second kappa shape index (κ2) is 6.04. The van der Waals surface area contributed by atoms with E-state index >= 15 is 0 Å². The Balaban J connectivity index is 4.67. The molecule has 0 radical (unpaired) electrons. The summed E-state index contributed by atoms with van der Waals surface area (Å²) < 4.78 is 29.1. The Bertz CT molecular complexity index is 298. The largest absolute Gasteiger partial charge is 0.480 e. The number of hydrogen-bond acceptors (Lipinski definition) is 4. The van der Waals surface area contributed by atoms with Gasteiger partial charge in [0.05, 0.1) is 6.61 Å². The number of carbonyl (C=O) groups is 1. The van der Waals surface area contributed by atoms with Crippen molar-refractivity contribution in [2.75, 3.05) is 26.0 Å². The average Bonchev–Trinajstić information content (AvgIpc) is 2.00. The second-order valence-electron chi connectivity index (χ2n) is 3.35. The molecule has 0 aliphatic carbocycles. The smallest absolute Gasteiger partial charge is 0.320 e. The number of ether oxygens (including phenoxy) is 1. The van der Waals surface area contributed by atoms with Crippen LogP contribution in [0.2, 0.25) is 0 Å². The number of sulfonamides is 1. The fourth-order valence-electron chi connectivity index (χ4n) is 1.14. The van der Waals surface area contributed by atoms with E-state index in [1.165, 1.54) is 7.11 Å². The molecule has 0 heterocycles. The monoisotopic (exact) mass is 239 g/mol. The van der Waals surface area contributed by atoms with Gasteiger partial charge < -0.3 is 9.84 Å². The van der Waals surface area contributed by atoms with Crippen LogP contribution in [-0.2, 0) is 19.6 Å². The highest BCUT2D eigenvalue weighted by Crippen LogP contribution is 2.07. The fraction of sp³-hybridized carbons (Fsp3) is 0.875. The SMILES string of the molecule is COCCN(C(C)C)S(=O)(=O)CC(=O)O. The molecule has 7 heteroatoms. The van der Waals surface area contributed by atoms with Crippen LogP contribution < -0.4 is 0 Å². The molecule has 90 valence electrons. The van der Waals surface area contributed by atoms with Crippen LogP contribution in [0.1, 0.15) is 13.8 Å². The molecule has 1 N–H and O–H groups in total. The first-order chi connectivity index (χ1) is 6.81. The van der Waals surface area contributed by atoms with Crippen molar-refractivity contribution in [3.63, 3.8) is 0 Å². The van der Waals surface area contributed by atoms with Crippen molar-refractivity contribution in [1.82, 2.24) is 4.31 Å². The molecular weight excluding hydrogens is 222 g/mol. The number of nitrogens with zero attached hydrogens (tertiary/aromatic N) is 1. The zero-order chi connectivity index (χ0) is 12.1. The third-order valence-electron chi connectivity index (χ3n) is 1.75. The van der Waals surface area contributed by atoms with E-state index in [1.807, 2.05) is 0 Å². The van der Waals surface area contributed by atoms with Crippen LogP contribution in [0.5, 0.6) is 0 Å². The van der Waals surface area contributed by atoms with Gasteiger partial charge in [0.25, 0.3) is 0 Å². The van der Waals surface area contributed by atoms with Gasteiger partial charge in [-0.2, -0.15) is 4.31 Å². The van der Waals surface area contributed by atoms with Crippen LogP contribution in [0.4, 0.5) is 0 Å². The van der Waals surface area contributed by atoms with Gasteiger partial charge in [-0.05, 0) is 13.8 Å². The van der Waals surface area contributed by atoms with Gasteiger partial charge in [0.15, 0.2) is 5.75 Å². The van der Waals surface area contributed by atoms with Crippen molar-refractivity contribution >= 4 is 16.0 Å². The van der Waals surface area contributed by atoms with Gasteiger partial charge in [-0.15, -0.1) is 0 Å². The first-order valence-electron chi connectivity index (χ1n) is 4.51. The van der Waals surface area contributed by atoms with Gasteiger partial charge in [0.2, 0.25) is 10.0 Å². The Morgan fingerprint density at radius 2 is 2.00 bits per heavy atom. The van der Waals surface area contributed by atoms with Crippen LogP contribution in [0.15, 0.2) is 0 Å². The van der Waals surface area contributed by atoms with E-state index in [4.69, 9.17) is 9.84 Å². The molecule has 0 aliphatic rings. The highest BCUT2D eigenvalue weighted by molar-refractivity contribution is 7.89. The summed E-state index contributed by atoms with van der Waals surface area (Å²) in [6, 6.07) is -0.274. The summed E-state index contributed by atoms with van der Waals surface area (Å²) in [5.74, 6) is -2.23. The summed E-state index contributed by atoms with van der Waals surface area (Å²) in [5.41, 5.74) is 0. The lowest BCUT2D eigenvalue weighted by molar-refractivity contribution is -0.134. The van der Waals surface area contributed by atoms with E-state index < -0.39 is 21.7 Å². The standard InChI is InChI=1S/C8H17NO5S/c1-7(2)9(4-5-14-3)15(12,13)6-8(10)11/h7H,4-6H2,1-3H3,(H,10,11). The van der Waals surface area contributed by atoms with Gasteiger partial charge in [-0.3, -0.25) is 4.79 Å². The highest BCUT2D eigenvalue weighted by atomic mass is 32.2. The Kier molecular flexibility index (Phi) is 5.77. The Hall–Kier alpha value is -0.660. The molecule has 0 saturated carbocycles. The Labute approximate surface area is 89.9 Å². The fourth-order valence-corrected chi connectivity index (χ4v) is 2.61. The minimum atomic E-state index is -3.74. The van der Waals surface area contributed by atoms with Crippen molar-refractivity contribution in [3.8, 4) is 0 Å². The zero-order valence-corrected chi connectivity index (χ0v) is 9.95. The van der Waals surface area contributed by atoms with Crippen LogP contribution >= 0.6 is 0 Å². The van der Waals surface area contributed by atoms with Gasteiger partial charge in [0.1, 0.15) is 0 Å². The number of aliphatic carboxylic acids is 1. The predicted octanol–water partition coefficient (Wildman–Crippen LogP) is -0.242. The number of hydrogen-bond donors (Lipinski definition) is 1. The topological polar surface area (TPSA) is 83.9 Å². The maximum atomic E-state index is 11.6. The minimum absolute atomic E-state index is 0.170. The average molecular weight is 239 g/mol. The van der Waals surface area contributed by atoms with Crippen molar-refractivity contribution < 1.29 is 23.1 Å². The molecule has 6 nitrogen and oxygen atoms in total. The molecule has 0 atom stereocenters. The number of carboxylic acids is 1. The van der Waals surface area contributed by atoms with Crippen molar-refractivity contribution in [1.29, 1.82) is 0 Å². The molecular formula is C8H17NO5S. The predicted molar refractivity (Wildman–Crippen MR) is 55.1 cm³/mol. The Morgan fingerprint density at radius 3 is 2.33 bits per heavy atom. The van der Waals surface area contributed by atoms with Crippen molar-refractivity contribution in [2.24, 2.45) is 0 Å². The first-order valence-corrected chi connectivity index (χ1v) is 6.12. The molecule has 0 bridgehead atoms. The van der Waals surface area contributed by atoms with Crippen LogP contribution in [0, 0.1) is 0 Å².